The Morgan fingerprint density at radius 2 is 1.69 bits per heavy atom. The van der Waals surface area contributed by atoms with Crippen molar-refractivity contribution < 1.29 is 169 Å². The van der Waals surface area contributed by atoms with Crippen LogP contribution in [0.15, 0.2) is 9.81 Å². The third kappa shape index (κ3) is 18.7. The Bertz CT molecular complexity index is 244. The summed E-state index contributed by atoms with van der Waals surface area (Å²) in [7, 11) is 0. The zero-order valence-corrected chi connectivity index (χ0v) is 23.0. The van der Waals surface area contributed by atoms with Crippen molar-refractivity contribution in [3.05, 3.63) is 9.81 Å². The van der Waals surface area contributed by atoms with Gasteiger partial charge in [-0.25, -0.2) is 4.79 Å². The second-order valence-corrected chi connectivity index (χ2v) is 2.57. The molecule has 10 heteroatoms. The van der Waals surface area contributed by atoms with Gasteiger partial charge in [0.1, 0.15) is 6.07 Å². The summed E-state index contributed by atoms with van der Waals surface area (Å²) in [5.41, 5.74) is -0.267. The number of nitriles is 1. The Morgan fingerprint density at radius 3 is 1.88 bits per heavy atom. The normalized spacial score (nSPS) is 5.50. The molecule has 0 atom stereocenters. The average Bonchev–Trinajstić information content (AvgIpc) is 1.88. The van der Waals surface area contributed by atoms with E-state index in [9.17, 15) is 4.79 Å². The molecule has 0 aliphatic rings. The molecular formula is C6H7IK3NO3S2. The second kappa shape index (κ2) is 24.7. The molecule has 0 bridgehead atoms. The van der Waals surface area contributed by atoms with E-state index in [-0.39, 0.29) is 200 Å². The van der Waals surface area contributed by atoms with Crippen molar-refractivity contribution in [2.75, 3.05) is 6.61 Å². The van der Waals surface area contributed by atoms with Gasteiger partial charge in [0, 0.05) is 0 Å². The summed E-state index contributed by atoms with van der Waals surface area (Å²) in [6.45, 7) is 1.85. The number of carbonyl (C=O) groups is 1. The first kappa shape index (κ1) is 37.2. The van der Waals surface area contributed by atoms with E-state index in [1.807, 2.05) is 0 Å². The maximum atomic E-state index is 10.8. The van der Waals surface area contributed by atoms with Gasteiger partial charge in [0.05, 0.1) is 12.2 Å². The predicted molar refractivity (Wildman–Crippen MR) is 61.4 cm³/mol. The zero-order valence-electron chi connectivity index (χ0n) is 9.64. The van der Waals surface area contributed by atoms with Gasteiger partial charge in [-0.1, -0.05) is 0 Å². The van der Waals surface area contributed by atoms with Crippen molar-refractivity contribution in [1.82, 2.24) is 0 Å². The Labute approximate surface area is 251 Å². The predicted octanol–water partition coefficient (Wildman–Crippen LogP) is -8.17. The standard InChI is InChI=1S/C6H7NO2S2.HI.3K.H2O/c1-2-9-5(8)4(3-7)6(10)11;;;;;/h10-11H,2H2,1H3;1H;;;;1H2/q;;3*+1;/p-3. The molecule has 0 aliphatic heterocycles. The average molecular weight is 449 g/mol. The van der Waals surface area contributed by atoms with Crippen LogP contribution in [0.5, 0.6) is 0 Å². The smallest absolute Gasteiger partial charge is 0.870 e. The summed E-state index contributed by atoms with van der Waals surface area (Å²) < 4.78 is 4.36. The number of carbonyl (C=O) groups excluding carboxylic acids is 1. The number of hydrogen-bond acceptors (Lipinski definition) is 6. The third-order valence-electron chi connectivity index (χ3n) is 0.795. The maximum absolute atomic E-state index is 10.8. The van der Waals surface area contributed by atoms with Gasteiger partial charge in [0.15, 0.2) is 0 Å². The fraction of sp³-hybridized carbons (Fsp3) is 0.333. The van der Waals surface area contributed by atoms with Crippen molar-refractivity contribution in [1.29, 1.82) is 5.26 Å². The molecule has 0 saturated carbocycles. The summed E-state index contributed by atoms with van der Waals surface area (Å²) in [4.78, 5) is 10.8. The van der Waals surface area contributed by atoms with E-state index in [0.717, 1.165) is 0 Å². The van der Waals surface area contributed by atoms with E-state index >= 15 is 0 Å². The minimum absolute atomic E-state index is 0. The van der Waals surface area contributed by atoms with Crippen LogP contribution in [0.4, 0.5) is 0 Å². The van der Waals surface area contributed by atoms with Crippen LogP contribution < -0.4 is 154 Å². The van der Waals surface area contributed by atoms with Gasteiger partial charge in [-0.15, -0.1) is 24.0 Å². The molecule has 0 rings (SSSR count). The molecule has 0 aromatic rings. The third-order valence-corrected chi connectivity index (χ3v) is 1.20. The minimum atomic E-state index is -0.741. The first-order valence-corrected chi connectivity index (χ1v) is 3.60. The fourth-order valence-corrected chi connectivity index (χ4v) is 0.636. The van der Waals surface area contributed by atoms with Gasteiger partial charge in [-0.05, 0) is 6.92 Å². The maximum Gasteiger partial charge on any atom is 1.00 e. The molecule has 76 valence electrons. The van der Waals surface area contributed by atoms with Crippen molar-refractivity contribution in [3.63, 3.8) is 0 Å². The molecule has 0 amide bonds. The molecule has 1 N–H and O–H groups in total. The van der Waals surface area contributed by atoms with Crippen molar-refractivity contribution in [3.8, 4) is 6.07 Å². The summed E-state index contributed by atoms with van der Waals surface area (Å²) >= 11 is 8.92. The van der Waals surface area contributed by atoms with Crippen LogP contribution in [-0.2, 0) is 34.8 Å². The van der Waals surface area contributed by atoms with E-state index in [0.29, 0.717) is 0 Å². The molecule has 0 aromatic heterocycles. The van der Waals surface area contributed by atoms with Crippen LogP contribution in [0.2, 0.25) is 0 Å². The molecule has 0 radical (unpaired) electrons. The van der Waals surface area contributed by atoms with E-state index in [1.165, 1.54) is 0 Å². The first-order valence-electron chi connectivity index (χ1n) is 2.79. The van der Waals surface area contributed by atoms with E-state index in [2.05, 4.69) is 30.0 Å². The van der Waals surface area contributed by atoms with Gasteiger partial charge in [0.2, 0.25) is 0 Å². The van der Waals surface area contributed by atoms with Crippen molar-refractivity contribution >= 4 is 55.2 Å². The van der Waals surface area contributed by atoms with Gasteiger partial charge in [0.25, 0.3) is 0 Å². The number of halogens is 1. The number of esters is 1. The number of rotatable bonds is 2. The SMILES string of the molecule is CCOC(=O)C(C#N)=C([S-])[S-].I.[K+].[K+].[K+].[OH-]. The first-order chi connectivity index (χ1) is 5.13. The van der Waals surface area contributed by atoms with Crippen LogP contribution in [0.25, 0.3) is 0 Å². The number of nitrogens with zero attached hydrogens (tertiary/aromatic N) is 1. The largest absolute Gasteiger partial charge is 1.00 e. The van der Waals surface area contributed by atoms with Crippen LogP contribution in [0, 0.1) is 11.3 Å². The van der Waals surface area contributed by atoms with Gasteiger partial charge < -0.3 is 39.7 Å². The monoisotopic (exact) mass is 449 g/mol. The summed E-state index contributed by atoms with van der Waals surface area (Å²) in [5.74, 6) is -0.741. The topological polar surface area (TPSA) is 80.1 Å². The minimum Gasteiger partial charge on any atom is -0.870 e. The Balaban J connectivity index is -0.0000000500. The summed E-state index contributed by atoms with van der Waals surface area (Å²) in [5, 5.41) is 8.35. The molecule has 4 nitrogen and oxygen atoms in total. The van der Waals surface area contributed by atoms with Crippen molar-refractivity contribution in [2.24, 2.45) is 0 Å². The number of hydrogen-bond donors (Lipinski definition) is 0. The molecule has 0 fully saturated rings. The molecule has 0 spiro atoms. The van der Waals surface area contributed by atoms with Gasteiger partial charge in [-0.3, -0.25) is 0 Å². The molecule has 0 aromatic carbocycles. The second-order valence-electron chi connectivity index (χ2n) is 1.49. The van der Waals surface area contributed by atoms with Crippen molar-refractivity contribution in [2.45, 2.75) is 6.92 Å². The quantitative estimate of drug-likeness (QED) is 0.104. The number of ether oxygens (including phenoxy) is 1. The molecule has 0 saturated heterocycles. The van der Waals surface area contributed by atoms with Gasteiger partial charge in [-0.2, -0.15) is 5.26 Å². The molecule has 0 aliphatic carbocycles. The van der Waals surface area contributed by atoms with E-state index in [1.54, 1.807) is 13.0 Å². The van der Waals surface area contributed by atoms with Crippen LogP contribution in [0.3, 0.4) is 0 Å². The molecular weight excluding hydrogens is 442 g/mol. The zero-order chi connectivity index (χ0) is 8.85. The van der Waals surface area contributed by atoms with Crippen LogP contribution in [-0.4, -0.2) is 18.1 Å². The Hall–Kier alpha value is 4.74. The molecule has 0 unspecified atom stereocenters. The molecule has 0 heterocycles. The van der Waals surface area contributed by atoms with Crippen LogP contribution >= 0.6 is 24.0 Å². The molecule has 16 heavy (non-hydrogen) atoms. The van der Waals surface area contributed by atoms with Crippen LogP contribution in [0.1, 0.15) is 6.92 Å². The Kier molecular flexibility index (Phi) is 57.5. The summed E-state index contributed by atoms with van der Waals surface area (Å²) in [6, 6.07) is 1.58. The van der Waals surface area contributed by atoms with E-state index in [4.69, 9.17) is 5.26 Å². The van der Waals surface area contributed by atoms with Gasteiger partial charge >= 0.3 is 160 Å². The Morgan fingerprint density at radius 1 is 1.31 bits per heavy atom. The summed E-state index contributed by atoms with van der Waals surface area (Å²) in [6.07, 6.45) is 0. The fourth-order valence-electron chi connectivity index (χ4n) is 0.378. The van der Waals surface area contributed by atoms with E-state index < -0.39 is 5.97 Å².